The van der Waals surface area contributed by atoms with Crippen molar-refractivity contribution in [1.29, 1.82) is 0 Å². The van der Waals surface area contributed by atoms with Crippen LogP contribution in [0.1, 0.15) is 78.9 Å². The first-order chi connectivity index (χ1) is 40.6. The fourth-order valence-electron chi connectivity index (χ4n) is 7.93. The lowest BCUT2D eigenvalue weighted by Crippen LogP contribution is -2.21. The molecule has 4 amide bonds. The van der Waals surface area contributed by atoms with Crippen LogP contribution in [0.4, 0.5) is 67.7 Å². The summed E-state index contributed by atoms with van der Waals surface area (Å²) >= 11 is 3.04. The van der Waals surface area contributed by atoms with Gasteiger partial charge in [0, 0.05) is 66.3 Å². The van der Waals surface area contributed by atoms with E-state index >= 15 is 0 Å². The molecule has 30 heteroatoms. The van der Waals surface area contributed by atoms with Gasteiger partial charge < -0.3 is 42.5 Å². The minimum Gasteiger partial charge on any atom is -0.372 e. The SMILES string of the molecule is CCSc1nc(Nc2cc(N(CC)CC)ccc2/N=N/c2ncc(/C=C(\C(C)=O)C(=O)Nc3cccc(C(N)=O)c3)s2)nc(Nc2cc(N(CC)CC)ccc2/N=N/c2nc(S(=O)(=O)O)c(/C=C(/C(C)=O)C(=O)Nc3cccc(C(N)=O)c3)s2)n1. The molecule has 9 N–H and O–H groups in total. The van der Waals surface area contributed by atoms with E-state index in [1.807, 2.05) is 52.8 Å². The Morgan fingerprint density at radius 2 is 1.11 bits per heavy atom. The number of anilines is 8. The quantitative estimate of drug-likeness (QED) is 0.00628. The monoisotopic (exact) mass is 1230 g/mol. The zero-order chi connectivity index (χ0) is 61.5. The second kappa shape index (κ2) is 28.7. The fraction of sp³-hybridized carbons (Fsp3) is 0.218. The number of carbonyl (C=O) groups is 6. The van der Waals surface area contributed by atoms with Gasteiger partial charge in [-0.15, -0.1) is 20.5 Å². The van der Waals surface area contributed by atoms with Crippen LogP contribution in [-0.2, 0) is 29.3 Å². The summed E-state index contributed by atoms with van der Waals surface area (Å²) in [6.45, 7) is 15.0. The van der Waals surface area contributed by atoms with Crippen molar-refractivity contribution in [3.05, 3.63) is 123 Å². The van der Waals surface area contributed by atoms with Crippen molar-refractivity contribution in [2.45, 2.75) is 58.6 Å². The van der Waals surface area contributed by atoms with Gasteiger partial charge in [-0.25, -0.2) is 9.97 Å². The minimum atomic E-state index is -5.06. The first-order valence-corrected chi connectivity index (χ1v) is 30.0. The van der Waals surface area contributed by atoms with Crippen molar-refractivity contribution in [3.8, 4) is 0 Å². The van der Waals surface area contributed by atoms with Crippen LogP contribution in [0.3, 0.4) is 0 Å². The number of thioether (sulfide) groups is 1. The van der Waals surface area contributed by atoms with Crippen LogP contribution < -0.4 is 42.5 Å². The average Bonchev–Trinajstić information content (AvgIpc) is 2.70. The summed E-state index contributed by atoms with van der Waals surface area (Å²) in [7, 11) is -5.06. The van der Waals surface area contributed by atoms with Crippen LogP contribution in [0.5, 0.6) is 0 Å². The second-order valence-electron chi connectivity index (χ2n) is 17.8. The molecule has 3 aromatic heterocycles. The zero-order valence-electron chi connectivity index (χ0n) is 46.8. The molecule has 0 aliphatic carbocycles. The van der Waals surface area contributed by atoms with Crippen molar-refractivity contribution in [2.24, 2.45) is 31.9 Å². The van der Waals surface area contributed by atoms with Gasteiger partial charge >= 0.3 is 10.1 Å². The fourth-order valence-corrected chi connectivity index (χ4v) is 10.9. The minimum absolute atomic E-state index is 0.0811. The predicted octanol–water partition coefficient (Wildman–Crippen LogP) is 10.6. The molecule has 0 saturated heterocycles. The van der Waals surface area contributed by atoms with Crippen molar-refractivity contribution >= 4 is 160 Å². The molecule has 0 fully saturated rings. The Bertz CT molecular complexity index is 3950. The summed E-state index contributed by atoms with van der Waals surface area (Å²) < 4.78 is 35.6. The predicted molar refractivity (Wildman–Crippen MR) is 330 cm³/mol. The zero-order valence-corrected chi connectivity index (χ0v) is 50.0. The van der Waals surface area contributed by atoms with Crippen LogP contribution in [0.25, 0.3) is 12.2 Å². The number of hydrogen-bond donors (Lipinski definition) is 7. The molecule has 26 nitrogen and oxygen atoms in total. The molecule has 0 atom stereocenters. The molecular formula is C55H57N17O9S4. The molecule has 4 aromatic carbocycles. The van der Waals surface area contributed by atoms with Gasteiger partial charge in [0.25, 0.3) is 11.8 Å². The van der Waals surface area contributed by atoms with Crippen LogP contribution in [0, 0.1) is 0 Å². The number of carbonyl (C=O) groups excluding carboxylic acids is 6. The average molecular weight is 1230 g/mol. The Hall–Kier alpha value is -9.49. The van der Waals surface area contributed by atoms with Gasteiger partial charge in [-0.3, -0.25) is 33.3 Å². The summed E-state index contributed by atoms with van der Waals surface area (Å²) in [6.07, 6.45) is 3.79. The van der Waals surface area contributed by atoms with E-state index in [9.17, 15) is 41.7 Å². The summed E-state index contributed by atoms with van der Waals surface area (Å²) in [4.78, 5) is 103. The van der Waals surface area contributed by atoms with Crippen molar-refractivity contribution in [2.75, 3.05) is 63.0 Å². The normalized spacial score (nSPS) is 11.9. The summed E-state index contributed by atoms with van der Waals surface area (Å²) in [6, 6.07) is 22.5. The highest BCUT2D eigenvalue weighted by Gasteiger charge is 2.25. The summed E-state index contributed by atoms with van der Waals surface area (Å²) in [5.74, 6) is -3.60. The standard InChI is InChI=1S/C55H57N17O9S4/c1-8-71(9-2)36-19-21-41(67-69-53-58-29-38(83-53)27-39(30(6)73)48(77)59-34-17-13-15-32(23-34)46(56)75)43(25-36)61-51-64-52(66-54(65-51)82-12-5)62-44-26-37(72(10-3)11-4)20-22-42(44)68-70-55-63-50(85(79,80)81)45(84-55)28-40(31(7)74)49(78)60-35-18-14-16-33(24-35)47(57)76/h13-29H,8-12H2,1-7H3,(H2,56,75)(H2,57,76)(H,59,77)(H,60,78)(H,79,80,81)(H2,61,62,64,65,66)/b39-27+,40-28-,69-67+,70-68+. The molecule has 7 aromatic rings. The third-order valence-corrected chi connectivity index (χ3v) is 15.4. The van der Waals surface area contributed by atoms with Crippen LogP contribution in [0.15, 0.2) is 133 Å². The van der Waals surface area contributed by atoms with Gasteiger partial charge in [-0.1, -0.05) is 53.5 Å². The maximum atomic E-state index is 13.4. The third-order valence-electron chi connectivity index (χ3n) is 12.1. The smallest absolute Gasteiger partial charge is 0.313 e. The van der Waals surface area contributed by atoms with Gasteiger partial charge in [-0.05, 0) is 132 Å². The van der Waals surface area contributed by atoms with Gasteiger partial charge in [0.15, 0.2) is 16.7 Å². The first kappa shape index (κ1) is 63.1. The third kappa shape index (κ3) is 16.8. The number of thiazole rings is 2. The number of nitrogens with zero attached hydrogens (tertiary/aromatic N) is 11. The van der Waals surface area contributed by atoms with E-state index in [0.29, 0.717) is 70.4 Å². The number of nitrogens with one attached hydrogen (secondary N) is 4. The number of ketones is 2. The molecular weight excluding hydrogens is 1170 g/mol. The van der Waals surface area contributed by atoms with Gasteiger partial charge in [0.1, 0.15) is 11.4 Å². The molecule has 0 spiro atoms. The van der Waals surface area contributed by atoms with Crippen molar-refractivity contribution < 1.29 is 41.7 Å². The number of nitrogens with two attached hydrogens (primary N) is 2. The molecule has 0 unspecified atom stereocenters. The summed E-state index contributed by atoms with van der Waals surface area (Å²) in [5, 5.41) is 28.7. The highest BCUT2D eigenvalue weighted by molar-refractivity contribution is 7.99. The highest BCUT2D eigenvalue weighted by Crippen LogP contribution is 2.38. The van der Waals surface area contributed by atoms with E-state index in [4.69, 9.17) is 26.4 Å². The Balaban J connectivity index is 1.21. The molecule has 85 heavy (non-hydrogen) atoms. The Kier molecular flexibility index (Phi) is 21.3. The van der Waals surface area contributed by atoms with E-state index in [1.165, 1.54) is 67.4 Å². The maximum Gasteiger partial charge on any atom is 0.313 e. The second-order valence-corrected chi connectivity index (χ2v) is 22.4. The maximum absolute atomic E-state index is 13.4. The van der Waals surface area contributed by atoms with Crippen LogP contribution in [-0.4, -0.2) is 105 Å². The van der Waals surface area contributed by atoms with E-state index in [0.717, 1.165) is 35.7 Å². The largest absolute Gasteiger partial charge is 0.372 e. The summed E-state index contributed by atoms with van der Waals surface area (Å²) in [5.41, 5.74) is 13.8. The molecule has 7 rings (SSSR count). The van der Waals surface area contributed by atoms with Crippen molar-refractivity contribution in [1.82, 2.24) is 24.9 Å². The Labute approximate surface area is 500 Å². The van der Waals surface area contributed by atoms with Crippen LogP contribution >= 0.6 is 34.4 Å². The first-order valence-electron chi connectivity index (χ1n) is 26.0. The van der Waals surface area contributed by atoms with Crippen LogP contribution in [0.2, 0.25) is 0 Å². The van der Waals surface area contributed by atoms with E-state index in [-0.39, 0.29) is 60.8 Å². The number of aromatic nitrogens is 5. The lowest BCUT2D eigenvalue weighted by Gasteiger charge is -2.22. The molecule has 0 saturated carbocycles. The van der Waals surface area contributed by atoms with Gasteiger partial charge in [-0.2, -0.15) is 23.4 Å². The number of hydrogen-bond acceptors (Lipinski definition) is 24. The Morgan fingerprint density at radius 1 is 0.624 bits per heavy atom. The molecule has 0 aliphatic rings. The van der Waals surface area contributed by atoms with E-state index in [2.05, 4.69) is 61.5 Å². The molecule has 440 valence electrons. The number of azo groups is 2. The number of primary amides is 2. The van der Waals surface area contributed by atoms with Crippen molar-refractivity contribution in [3.63, 3.8) is 0 Å². The number of amides is 4. The molecule has 0 radical (unpaired) electrons. The van der Waals surface area contributed by atoms with E-state index in [1.54, 1.807) is 30.3 Å². The molecule has 3 heterocycles. The number of benzene rings is 4. The van der Waals surface area contributed by atoms with E-state index < -0.39 is 55.9 Å². The lowest BCUT2D eigenvalue weighted by molar-refractivity contribution is -0.120. The lowest BCUT2D eigenvalue weighted by atomic mass is 10.1. The number of rotatable bonds is 27. The highest BCUT2D eigenvalue weighted by atomic mass is 32.2. The molecule has 0 bridgehead atoms. The number of Topliss-reactive ketones (excluding diaryl/α,β-unsaturated/α-hetero) is 2. The Morgan fingerprint density at radius 3 is 1.55 bits per heavy atom. The van der Waals surface area contributed by atoms with Gasteiger partial charge in [0.05, 0.1) is 32.3 Å². The topological polar surface area (TPSA) is 377 Å². The van der Waals surface area contributed by atoms with Gasteiger partial charge in [0.2, 0.25) is 39.0 Å². The molecule has 0 aliphatic heterocycles.